The Bertz CT molecular complexity index is 350. The van der Waals surface area contributed by atoms with Gasteiger partial charge >= 0.3 is 0 Å². The number of aliphatic hydroxyl groups is 1. The third kappa shape index (κ3) is 3.65. The molecule has 0 spiro atoms. The molecule has 0 aliphatic heterocycles. The van der Waals surface area contributed by atoms with Crippen molar-refractivity contribution < 1.29 is 5.11 Å². The fraction of sp³-hybridized carbons (Fsp3) is 0.538. The maximum absolute atomic E-state index is 10.0. The van der Waals surface area contributed by atoms with Crippen molar-refractivity contribution in [3.8, 4) is 0 Å². The molecule has 1 nitrogen and oxygen atoms in total. The van der Waals surface area contributed by atoms with Gasteiger partial charge in [-0.05, 0) is 36.0 Å². The average Bonchev–Trinajstić information content (AvgIpc) is 2.22. The number of benzene rings is 1. The van der Waals surface area contributed by atoms with E-state index in [1.807, 2.05) is 12.1 Å². The van der Waals surface area contributed by atoms with Gasteiger partial charge in [0.2, 0.25) is 0 Å². The first-order valence-electron chi connectivity index (χ1n) is 5.53. The van der Waals surface area contributed by atoms with Crippen LogP contribution in [-0.2, 0) is 6.42 Å². The second-order valence-electron chi connectivity index (χ2n) is 4.62. The number of hydrogen-bond acceptors (Lipinski definition) is 1. The van der Waals surface area contributed by atoms with Crippen LogP contribution in [0.3, 0.4) is 0 Å². The van der Waals surface area contributed by atoms with E-state index in [2.05, 4.69) is 20.8 Å². The standard InChI is InChI=1S/C13H18Cl2O/c1-8(2)9(3)13(16)7-10-4-5-11(14)12(15)6-10/h4-6,8-9,13,16H,7H2,1-3H3. The van der Waals surface area contributed by atoms with Gasteiger partial charge in [0.15, 0.2) is 0 Å². The molecule has 1 aromatic rings. The SMILES string of the molecule is CC(C)C(C)C(O)Cc1ccc(Cl)c(Cl)c1. The molecule has 16 heavy (non-hydrogen) atoms. The van der Waals surface area contributed by atoms with E-state index < -0.39 is 0 Å². The summed E-state index contributed by atoms with van der Waals surface area (Å²) < 4.78 is 0. The van der Waals surface area contributed by atoms with Crippen LogP contribution in [0.5, 0.6) is 0 Å². The van der Waals surface area contributed by atoms with Crippen molar-refractivity contribution in [1.29, 1.82) is 0 Å². The van der Waals surface area contributed by atoms with E-state index in [0.717, 1.165) is 5.56 Å². The lowest BCUT2D eigenvalue weighted by Gasteiger charge is -2.22. The molecule has 90 valence electrons. The summed E-state index contributed by atoms with van der Waals surface area (Å²) in [5.41, 5.74) is 1.02. The molecular weight excluding hydrogens is 243 g/mol. The monoisotopic (exact) mass is 260 g/mol. The van der Waals surface area contributed by atoms with Gasteiger partial charge in [0.25, 0.3) is 0 Å². The lowest BCUT2D eigenvalue weighted by molar-refractivity contribution is 0.0922. The molecule has 1 rings (SSSR count). The quantitative estimate of drug-likeness (QED) is 0.861. The van der Waals surface area contributed by atoms with Crippen molar-refractivity contribution >= 4 is 23.2 Å². The molecule has 0 bridgehead atoms. The van der Waals surface area contributed by atoms with E-state index in [0.29, 0.717) is 22.4 Å². The Morgan fingerprint density at radius 1 is 1.12 bits per heavy atom. The molecule has 0 radical (unpaired) electrons. The van der Waals surface area contributed by atoms with Crippen LogP contribution in [0.15, 0.2) is 18.2 Å². The molecule has 0 fully saturated rings. The highest BCUT2D eigenvalue weighted by Gasteiger charge is 2.18. The summed E-state index contributed by atoms with van der Waals surface area (Å²) in [6.07, 6.45) is 0.285. The molecule has 0 aliphatic rings. The summed E-state index contributed by atoms with van der Waals surface area (Å²) in [5, 5.41) is 11.1. The van der Waals surface area contributed by atoms with Gasteiger partial charge in [0, 0.05) is 0 Å². The molecular formula is C13H18Cl2O. The zero-order chi connectivity index (χ0) is 12.3. The summed E-state index contributed by atoms with van der Waals surface area (Å²) in [7, 11) is 0. The predicted octanol–water partition coefficient (Wildman–Crippen LogP) is 4.19. The van der Waals surface area contributed by atoms with Crippen LogP contribution < -0.4 is 0 Å². The van der Waals surface area contributed by atoms with Gasteiger partial charge in [-0.25, -0.2) is 0 Å². The van der Waals surface area contributed by atoms with Crippen molar-refractivity contribution in [2.75, 3.05) is 0 Å². The first-order valence-corrected chi connectivity index (χ1v) is 6.29. The molecule has 1 N–H and O–H groups in total. The summed E-state index contributed by atoms with van der Waals surface area (Å²) in [6, 6.07) is 5.50. The van der Waals surface area contributed by atoms with E-state index in [4.69, 9.17) is 23.2 Å². The number of halogens is 2. The van der Waals surface area contributed by atoms with E-state index in [-0.39, 0.29) is 12.0 Å². The van der Waals surface area contributed by atoms with E-state index in [1.54, 1.807) is 6.07 Å². The maximum Gasteiger partial charge on any atom is 0.0608 e. The van der Waals surface area contributed by atoms with Gasteiger partial charge in [0.05, 0.1) is 16.1 Å². The molecule has 0 amide bonds. The van der Waals surface area contributed by atoms with Crippen LogP contribution in [-0.4, -0.2) is 11.2 Å². The second kappa shape index (κ2) is 5.90. The van der Waals surface area contributed by atoms with Gasteiger partial charge in [-0.3, -0.25) is 0 Å². The third-order valence-electron chi connectivity index (χ3n) is 3.09. The highest BCUT2D eigenvalue weighted by Crippen LogP contribution is 2.25. The van der Waals surface area contributed by atoms with Crippen LogP contribution in [0.1, 0.15) is 26.3 Å². The van der Waals surface area contributed by atoms with E-state index in [1.165, 1.54) is 0 Å². The Morgan fingerprint density at radius 3 is 2.25 bits per heavy atom. The Balaban J connectivity index is 2.69. The highest BCUT2D eigenvalue weighted by molar-refractivity contribution is 6.42. The van der Waals surface area contributed by atoms with E-state index in [9.17, 15) is 5.11 Å². The normalized spacial score (nSPS) is 15.2. The topological polar surface area (TPSA) is 20.2 Å². The van der Waals surface area contributed by atoms with Crippen LogP contribution >= 0.6 is 23.2 Å². The summed E-state index contributed by atoms with van der Waals surface area (Å²) in [4.78, 5) is 0. The lowest BCUT2D eigenvalue weighted by atomic mass is 9.89. The molecule has 2 unspecified atom stereocenters. The minimum Gasteiger partial charge on any atom is -0.392 e. The first-order chi connectivity index (χ1) is 7.41. The van der Waals surface area contributed by atoms with E-state index >= 15 is 0 Å². The maximum atomic E-state index is 10.0. The molecule has 0 aliphatic carbocycles. The van der Waals surface area contributed by atoms with Gasteiger partial charge in [-0.1, -0.05) is 50.0 Å². The summed E-state index contributed by atoms with van der Waals surface area (Å²) in [5.74, 6) is 0.743. The predicted molar refractivity (Wildman–Crippen MR) is 70.2 cm³/mol. The van der Waals surface area contributed by atoms with Crippen LogP contribution in [0, 0.1) is 11.8 Å². The second-order valence-corrected chi connectivity index (χ2v) is 5.44. The highest BCUT2D eigenvalue weighted by atomic mass is 35.5. The fourth-order valence-electron chi connectivity index (χ4n) is 1.54. The van der Waals surface area contributed by atoms with Crippen molar-refractivity contribution in [1.82, 2.24) is 0 Å². The largest absolute Gasteiger partial charge is 0.392 e. The van der Waals surface area contributed by atoms with Crippen LogP contribution in [0.2, 0.25) is 10.0 Å². The van der Waals surface area contributed by atoms with Crippen LogP contribution in [0.4, 0.5) is 0 Å². The molecule has 0 saturated heterocycles. The van der Waals surface area contributed by atoms with Crippen molar-refractivity contribution in [3.63, 3.8) is 0 Å². The minimum absolute atomic E-state index is 0.273. The van der Waals surface area contributed by atoms with Crippen molar-refractivity contribution in [3.05, 3.63) is 33.8 Å². The van der Waals surface area contributed by atoms with Gasteiger partial charge in [0.1, 0.15) is 0 Å². The Labute approximate surface area is 107 Å². The lowest BCUT2D eigenvalue weighted by Crippen LogP contribution is -2.24. The first kappa shape index (κ1) is 13.8. The van der Waals surface area contributed by atoms with Gasteiger partial charge in [-0.2, -0.15) is 0 Å². The number of aliphatic hydroxyl groups excluding tert-OH is 1. The van der Waals surface area contributed by atoms with Crippen molar-refractivity contribution in [2.24, 2.45) is 11.8 Å². The fourth-order valence-corrected chi connectivity index (χ4v) is 1.86. The molecule has 2 atom stereocenters. The average molecular weight is 261 g/mol. The minimum atomic E-state index is -0.336. The summed E-state index contributed by atoms with van der Waals surface area (Å²) >= 11 is 11.8. The molecule has 0 saturated carbocycles. The Hall–Kier alpha value is -0.240. The van der Waals surface area contributed by atoms with Crippen LogP contribution in [0.25, 0.3) is 0 Å². The van der Waals surface area contributed by atoms with Crippen molar-refractivity contribution in [2.45, 2.75) is 33.3 Å². The third-order valence-corrected chi connectivity index (χ3v) is 3.83. The van der Waals surface area contributed by atoms with Gasteiger partial charge in [-0.15, -0.1) is 0 Å². The zero-order valence-corrected chi connectivity index (χ0v) is 11.4. The van der Waals surface area contributed by atoms with Gasteiger partial charge < -0.3 is 5.11 Å². The zero-order valence-electron chi connectivity index (χ0n) is 9.87. The summed E-state index contributed by atoms with van der Waals surface area (Å²) in [6.45, 7) is 6.29. The Kier molecular flexibility index (Phi) is 5.10. The molecule has 0 heterocycles. The Morgan fingerprint density at radius 2 is 1.75 bits per heavy atom. The number of hydrogen-bond donors (Lipinski definition) is 1. The molecule has 3 heteroatoms. The molecule has 0 aromatic heterocycles. The smallest absolute Gasteiger partial charge is 0.0608 e. The number of rotatable bonds is 4. The molecule has 1 aromatic carbocycles.